The summed E-state index contributed by atoms with van der Waals surface area (Å²) in [5.41, 5.74) is 9.46. The number of morpholine rings is 1. The number of sulfonamides is 1. The molecule has 4 aromatic rings. The summed E-state index contributed by atoms with van der Waals surface area (Å²) in [5, 5.41) is -0.0818. The molecule has 2 atom stereocenters. The number of nitrogens with zero attached hydrogens (tertiary/aromatic N) is 5. The first-order valence-corrected chi connectivity index (χ1v) is 22.3. The van der Waals surface area contributed by atoms with E-state index in [1.165, 1.54) is 12.4 Å². The van der Waals surface area contributed by atoms with Crippen molar-refractivity contribution in [1.82, 2.24) is 14.5 Å². The van der Waals surface area contributed by atoms with Gasteiger partial charge in [0.1, 0.15) is 35.6 Å². The van der Waals surface area contributed by atoms with Crippen molar-refractivity contribution >= 4 is 46.3 Å². The molecule has 3 N–H and O–H groups in total. The van der Waals surface area contributed by atoms with Crippen LogP contribution in [0.2, 0.25) is 25.7 Å². The number of ether oxygens (including phenoxy) is 2. The topological polar surface area (TPSA) is 128 Å². The minimum Gasteiger partial charge on any atom is -0.378 e. The number of fused-ring (bicyclic) bond motifs is 1. The van der Waals surface area contributed by atoms with Crippen LogP contribution in [0.1, 0.15) is 30.6 Å². The third-order valence-corrected chi connectivity index (χ3v) is 12.8. The maximum Gasteiger partial charge on any atom is 0.239 e. The van der Waals surface area contributed by atoms with Crippen molar-refractivity contribution < 1.29 is 22.3 Å². The molecule has 4 heterocycles. The molecule has 49 heavy (non-hydrogen) atoms. The predicted octanol–water partition coefficient (Wildman–Crippen LogP) is 5.82. The summed E-state index contributed by atoms with van der Waals surface area (Å²) in [6.45, 7) is 13.5. The molecule has 0 amide bonds. The number of aromatic nitrogens is 3. The van der Waals surface area contributed by atoms with E-state index >= 15 is 4.39 Å². The van der Waals surface area contributed by atoms with Crippen LogP contribution in [0.15, 0.2) is 54.9 Å². The zero-order valence-corrected chi connectivity index (χ0v) is 30.7. The molecule has 264 valence electrons. The van der Waals surface area contributed by atoms with E-state index in [9.17, 15) is 8.42 Å². The zero-order valence-electron chi connectivity index (χ0n) is 28.9. The lowest BCUT2D eigenvalue weighted by molar-refractivity contribution is 0.0908. The molecule has 0 saturated carbocycles. The molecule has 0 aliphatic carbocycles. The molecular weight excluding hydrogens is 662 g/mol. The van der Waals surface area contributed by atoms with Gasteiger partial charge >= 0.3 is 0 Å². The van der Waals surface area contributed by atoms with Crippen LogP contribution in [0.5, 0.6) is 0 Å². The summed E-state index contributed by atoms with van der Waals surface area (Å²) in [5.74, 6) is 0.199. The zero-order chi connectivity index (χ0) is 34.8. The van der Waals surface area contributed by atoms with Crippen molar-refractivity contribution in [2.24, 2.45) is 5.73 Å². The molecular formula is C35H48FN7O4SSi. The molecule has 11 nitrogen and oxygen atoms in total. The second kappa shape index (κ2) is 14.7. The molecule has 0 radical (unpaired) electrons. The van der Waals surface area contributed by atoms with E-state index < -0.39 is 29.2 Å². The Morgan fingerprint density at radius 2 is 1.88 bits per heavy atom. The summed E-state index contributed by atoms with van der Waals surface area (Å²) >= 11 is 0. The highest BCUT2D eigenvalue weighted by molar-refractivity contribution is 7.92. The summed E-state index contributed by atoms with van der Waals surface area (Å²) in [6, 6.07) is 15.0. The maximum atomic E-state index is 16.1. The Labute approximate surface area is 289 Å². The van der Waals surface area contributed by atoms with Gasteiger partial charge in [0.05, 0.1) is 30.0 Å². The molecule has 2 aromatic heterocycles. The van der Waals surface area contributed by atoms with Gasteiger partial charge in [-0.05, 0) is 67.8 Å². The van der Waals surface area contributed by atoms with Gasteiger partial charge in [0.15, 0.2) is 0 Å². The molecule has 0 spiro atoms. The van der Waals surface area contributed by atoms with E-state index in [1.807, 2.05) is 28.8 Å². The normalized spacial score (nSPS) is 18.2. The Kier molecular flexibility index (Phi) is 10.6. The number of benzene rings is 2. The van der Waals surface area contributed by atoms with Crippen molar-refractivity contribution in [2.75, 3.05) is 60.5 Å². The third kappa shape index (κ3) is 8.26. The number of hydrogen-bond acceptors (Lipinski definition) is 9. The summed E-state index contributed by atoms with van der Waals surface area (Å²) in [4.78, 5) is 13.5. The average Bonchev–Trinajstić information content (AvgIpc) is 3.44. The van der Waals surface area contributed by atoms with Crippen LogP contribution in [-0.2, 0) is 26.2 Å². The van der Waals surface area contributed by atoms with Crippen LogP contribution < -0.4 is 20.3 Å². The van der Waals surface area contributed by atoms with E-state index in [4.69, 9.17) is 15.2 Å². The number of halogens is 1. The van der Waals surface area contributed by atoms with Crippen molar-refractivity contribution in [2.45, 2.75) is 63.5 Å². The fraction of sp³-hybridized carbons (Fsp3) is 0.486. The quantitative estimate of drug-likeness (QED) is 0.138. The van der Waals surface area contributed by atoms with E-state index in [0.29, 0.717) is 55.4 Å². The molecule has 0 bridgehead atoms. The minimum absolute atomic E-state index is 0.0987. The Hall–Kier alpha value is -3.56. The lowest BCUT2D eigenvalue weighted by Gasteiger charge is -2.33. The number of nitrogens with one attached hydrogen (secondary N) is 1. The number of anilines is 3. The first kappa shape index (κ1) is 35.3. The van der Waals surface area contributed by atoms with Crippen molar-refractivity contribution in [3.8, 4) is 11.3 Å². The van der Waals surface area contributed by atoms with E-state index in [-0.39, 0.29) is 18.5 Å². The lowest BCUT2D eigenvalue weighted by Crippen LogP contribution is -2.42. The third-order valence-electron chi connectivity index (χ3n) is 9.33. The molecule has 6 rings (SSSR count). The van der Waals surface area contributed by atoms with Crippen LogP contribution in [-0.4, -0.2) is 83.1 Å². The fourth-order valence-electron chi connectivity index (χ4n) is 6.40. The van der Waals surface area contributed by atoms with Crippen molar-refractivity contribution in [1.29, 1.82) is 0 Å². The van der Waals surface area contributed by atoms with E-state index in [0.717, 1.165) is 48.9 Å². The van der Waals surface area contributed by atoms with Gasteiger partial charge in [0, 0.05) is 58.2 Å². The maximum absolute atomic E-state index is 16.1. The smallest absolute Gasteiger partial charge is 0.239 e. The van der Waals surface area contributed by atoms with E-state index in [2.05, 4.69) is 44.1 Å². The fourth-order valence-corrected chi connectivity index (χ4v) is 8.30. The first-order chi connectivity index (χ1) is 23.4. The molecule has 2 aliphatic rings. The van der Waals surface area contributed by atoms with Crippen LogP contribution >= 0.6 is 0 Å². The van der Waals surface area contributed by atoms with Gasteiger partial charge in [-0.1, -0.05) is 31.8 Å². The molecule has 2 fully saturated rings. The Balaban J connectivity index is 1.27. The largest absolute Gasteiger partial charge is 0.378 e. The Morgan fingerprint density at radius 3 is 2.61 bits per heavy atom. The predicted molar refractivity (Wildman–Crippen MR) is 197 cm³/mol. The molecule has 2 saturated heterocycles. The van der Waals surface area contributed by atoms with Gasteiger partial charge in [0.2, 0.25) is 10.0 Å². The standard InChI is InChI=1S/C35H48FN7O4SSi/c1-25(26-7-5-9-29(19-26)42-12-6-8-27(37)22-42)48(44,45)40-28-10-11-30(32(36)20-28)33-21-31-34(41-13-15-46-16-14-41)38-23-39-35(31)43(33)24-47-17-18-49(2,3)4/h5,7,9-11,19-21,23,25,27,40H,6,8,12-18,22,24,37H2,1-4H3/t25?,27-/m1/s1. The van der Waals surface area contributed by atoms with Crippen molar-refractivity contribution in [3.63, 3.8) is 0 Å². The van der Waals surface area contributed by atoms with Gasteiger partial charge in [-0.3, -0.25) is 4.72 Å². The summed E-state index contributed by atoms with van der Waals surface area (Å²) in [6.07, 6.45) is 3.51. The highest BCUT2D eigenvalue weighted by Crippen LogP contribution is 2.35. The highest BCUT2D eigenvalue weighted by Gasteiger charge is 2.26. The lowest BCUT2D eigenvalue weighted by atomic mass is 10.0. The Bertz CT molecular complexity index is 1880. The highest BCUT2D eigenvalue weighted by atomic mass is 32.2. The second-order valence-electron chi connectivity index (χ2n) is 14.3. The summed E-state index contributed by atoms with van der Waals surface area (Å²) in [7, 11) is -5.23. The minimum atomic E-state index is -3.91. The van der Waals surface area contributed by atoms with E-state index in [1.54, 1.807) is 25.1 Å². The monoisotopic (exact) mass is 709 g/mol. The van der Waals surface area contributed by atoms with Crippen molar-refractivity contribution in [3.05, 3.63) is 66.2 Å². The molecule has 14 heteroatoms. The van der Waals surface area contributed by atoms with Crippen LogP contribution in [0.3, 0.4) is 0 Å². The second-order valence-corrected chi connectivity index (χ2v) is 21.9. The number of nitrogens with two attached hydrogens (primary N) is 1. The van der Waals surface area contributed by atoms with Gasteiger partial charge < -0.3 is 29.6 Å². The average molecular weight is 710 g/mol. The number of hydrogen-bond donors (Lipinski definition) is 2. The molecule has 1 unspecified atom stereocenters. The molecule has 2 aliphatic heterocycles. The number of rotatable bonds is 12. The summed E-state index contributed by atoms with van der Waals surface area (Å²) < 4.78 is 59.4. The van der Waals surface area contributed by atoms with Crippen LogP contribution in [0.25, 0.3) is 22.3 Å². The first-order valence-electron chi connectivity index (χ1n) is 17.1. The number of piperidine rings is 1. The Morgan fingerprint density at radius 1 is 1.08 bits per heavy atom. The van der Waals surface area contributed by atoms with Crippen LogP contribution in [0, 0.1) is 5.82 Å². The molecule has 2 aromatic carbocycles. The van der Waals surface area contributed by atoms with Gasteiger partial charge in [-0.15, -0.1) is 0 Å². The van der Waals surface area contributed by atoms with Crippen LogP contribution in [0.4, 0.5) is 21.6 Å². The van der Waals surface area contributed by atoms with Gasteiger partial charge in [-0.25, -0.2) is 22.8 Å². The van der Waals surface area contributed by atoms with Gasteiger partial charge in [0.25, 0.3) is 0 Å². The SMILES string of the molecule is CC(c1cccc(N2CCC[C@@H](N)C2)c1)S(=O)(=O)Nc1ccc(-c2cc3c(N4CCOCC4)ncnc3n2COCC[Si](C)(C)C)c(F)c1. The van der Waals surface area contributed by atoms with Gasteiger partial charge in [-0.2, -0.15) is 0 Å².